The molecular weight excluding hydrogens is 579 g/mol. The standard InChI is InChI=1S/C26H23ClIN4O3/c27-20-9-7-19(8-10-20)26(33)31-15-14-30(17-24(31)28-16-18-4-1-2-5-18)22-11-12-23(32(34)35)25-21(22)6-3-13-29-25/h1,3-13,24H,2,14-17H2/q-1. The number of nitrogens with zero attached hydrogens (tertiary/aromatic N) is 4. The molecule has 1 unspecified atom stereocenters. The van der Waals surface area contributed by atoms with Gasteiger partial charge in [-0.3, -0.25) is 0 Å². The average molecular weight is 602 g/mol. The third kappa shape index (κ3) is 5.04. The van der Waals surface area contributed by atoms with Gasteiger partial charge in [-0.2, -0.15) is 0 Å². The number of benzene rings is 2. The number of hydrogen-bond acceptors (Lipinski definition) is 5. The molecule has 1 fully saturated rings. The average Bonchev–Trinajstić information content (AvgIpc) is 3.40. The van der Waals surface area contributed by atoms with Gasteiger partial charge in [0.2, 0.25) is 0 Å². The molecule has 1 amide bonds. The van der Waals surface area contributed by atoms with Crippen molar-refractivity contribution < 1.29 is 30.9 Å². The van der Waals surface area contributed by atoms with Gasteiger partial charge in [0.05, 0.1) is 0 Å². The topological polar surface area (TPSA) is 79.6 Å². The number of nitro groups is 1. The summed E-state index contributed by atoms with van der Waals surface area (Å²) in [6.45, 7) is 1.91. The summed E-state index contributed by atoms with van der Waals surface area (Å²) >= 11 is 5.66. The number of carbonyl (C=O) groups is 1. The molecule has 35 heavy (non-hydrogen) atoms. The van der Waals surface area contributed by atoms with E-state index in [9.17, 15) is 14.9 Å². The molecular formula is C26H23ClIN4O3-. The Bertz CT molecular complexity index is 1340. The van der Waals surface area contributed by atoms with E-state index in [0.29, 0.717) is 35.7 Å². The van der Waals surface area contributed by atoms with Crippen molar-refractivity contribution in [1.29, 1.82) is 0 Å². The molecule has 9 heteroatoms. The van der Waals surface area contributed by atoms with Crippen molar-refractivity contribution in [3.05, 3.63) is 99.2 Å². The fraction of sp³-hybridized carbons (Fsp3) is 0.231. The molecule has 0 N–H and O–H groups in total. The van der Waals surface area contributed by atoms with E-state index in [2.05, 4.69) is 28.1 Å². The number of hydrogen-bond donors (Lipinski definition) is 0. The van der Waals surface area contributed by atoms with Crippen LogP contribution in [0.25, 0.3) is 10.9 Å². The Morgan fingerprint density at radius 1 is 1.17 bits per heavy atom. The summed E-state index contributed by atoms with van der Waals surface area (Å²) in [6, 6.07) is 14.1. The van der Waals surface area contributed by atoms with Crippen molar-refractivity contribution >= 4 is 39.8 Å². The fourth-order valence-electron chi connectivity index (χ4n) is 4.43. The van der Waals surface area contributed by atoms with Gasteiger partial charge in [-0.1, -0.05) is 0 Å². The summed E-state index contributed by atoms with van der Waals surface area (Å²) in [6.07, 6.45) is 9.16. The first-order valence-corrected chi connectivity index (χ1v) is 14.4. The predicted octanol–water partition coefficient (Wildman–Crippen LogP) is 2.06. The van der Waals surface area contributed by atoms with Gasteiger partial charge in [-0.05, 0) is 0 Å². The van der Waals surface area contributed by atoms with Gasteiger partial charge < -0.3 is 0 Å². The quantitative estimate of drug-likeness (QED) is 0.142. The molecule has 2 aliphatic rings. The Balaban J connectivity index is 1.44. The Morgan fingerprint density at radius 3 is 2.74 bits per heavy atom. The van der Waals surface area contributed by atoms with Crippen LogP contribution < -0.4 is 26.1 Å². The molecule has 1 saturated heterocycles. The first kappa shape index (κ1) is 23.7. The molecule has 5 rings (SSSR count). The van der Waals surface area contributed by atoms with Crippen LogP contribution in [0.1, 0.15) is 16.8 Å². The van der Waals surface area contributed by atoms with E-state index in [1.807, 2.05) is 17.0 Å². The van der Waals surface area contributed by atoms with E-state index in [0.717, 1.165) is 21.9 Å². The van der Waals surface area contributed by atoms with Gasteiger partial charge >= 0.3 is 219 Å². The molecule has 3 aromatic rings. The van der Waals surface area contributed by atoms with E-state index < -0.39 is 0 Å². The van der Waals surface area contributed by atoms with Gasteiger partial charge in [-0.25, -0.2) is 0 Å². The number of amides is 1. The predicted molar refractivity (Wildman–Crippen MR) is 134 cm³/mol. The van der Waals surface area contributed by atoms with Gasteiger partial charge in [-0.15, -0.1) is 0 Å². The Labute approximate surface area is 218 Å². The number of piperazine rings is 1. The molecule has 2 heterocycles. The number of anilines is 1. The first-order valence-electron chi connectivity index (χ1n) is 11.3. The molecule has 1 aromatic heterocycles. The number of alkyl halides is 2. The van der Waals surface area contributed by atoms with E-state index in [-0.39, 0.29) is 41.8 Å². The third-order valence-corrected chi connectivity index (χ3v) is 9.85. The van der Waals surface area contributed by atoms with Crippen molar-refractivity contribution in [3.63, 3.8) is 0 Å². The second-order valence-corrected chi connectivity index (χ2v) is 11.9. The second-order valence-electron chi connectivity index (χ2n) is 8.35. The zero-order chi connectivity index (χ0) is 24.4. The van der Waals surface area contributed by atoms with Crippen LogP contribution in [0.4, 0.5) is 11.4 Å². The number of allylic oxidation sites excluding steroid dienone is 4. The van der Waals surface area contributed by atoms with Crippen LogP contribution >= 0.6 is 11.6 Å². The number of aromatic nitrogens is 1. The van der Waals surface area contributed by atoms with Crippen molar-refractivity contribution in [2.75, 3.05) is 29.0 Å². The zero-order valence-electron chi connectivity index (χ0n) is 18.8. The summed E-state index contributed by atoms with van der Waals surface area (Å²) in [4.78, 5) is 33.2. The summed E-state index contributed by atoms with van der Waals surface area (Å²) in [5.41, 5.74) is 3.30. The van der Waals surface area contributed by atoms with Gasteiger partial charge in [0.15, 0.2) is 0 Å². The van der Waals surface area contributed by atoms with Crippen molar-refractivity contribution in [1.82, 2.24) is 9.88 Å². The third-order valence-electron chi connectivity index (χ3n) is 6.19. The van der Waals surface area contributed by atoms with Crippen LogP contribution in [0.5, 0.6) is 0 Å². The molecule has 1 atom stereocenters. The second kappa shape index (κ2) is 10.3. The molecule has 1 aliphatic heterocycles. The number of pyridine rings is 1. The fourth-order valence-corrected chi connectivity index (χ4v) is 7.90. The van der Waals surface area contributed by atoms with Gasteiger partial charge in [0.1, 0.15) is 0 Å². The van der Waals surface area contributed by atoms with Crippen molar-refractivity contribution in [3.8, 4) is 0 Å². The van der Waals surface area contributed by atoms with Gasteiger partial charge in [0, 0.05) is 0 Å². The molecule has 0 bridgehead atoms. The van der Waals surface area contributed by atoms with E-state index in [1.54, 1.807) is 36.5 Å². The molecule has 2 aromatic carbocycles. The van der Waals surface area contributed by atoms with Crippen molar-refractivity contribution in [2.45, 2.75) is 10.5 Å². The Morgan fingerprint density at radius 2 is 2.00 bits per heavy atom. The summed E-state index contributed by atoms with van der Waals surface area (Å²) < 4.78 is 1.10. The maximum atomic E-state index is 13.5. The summed E-state index contributed by atoms with van der Waals surface area (Å²) in [5, 5.41) is 12.9. The first-order chi connectivity index (χ1) is 17.0. The molecule has 0 radical (unpaired) electrons. The van der Waals surface area contributed by atoms with Crippen LogP contribution in [-0.2, 0) is 0 Å². The van der Waals surface area contributed by atoms with Gasteiger partial charge in [0.25, 0.3) is 0 Å². The number of fused-ring (bicyclic) bond motifs is 1. The Hall–Kier alpha value is -2.98. The number of nitro benzene ring substituents is 1. The summed E-state index contributed by atoms with van der Waals surface area (Å²) in [5.74, 6) is 0.0252. The normalized spacial score (nSPS) is 17.7. The maximum absolute atomic E-state index is 13.5. The number of carbonyl (C=O) groups excluding carboxylic acids is 1. The van der Waals surface area contributed by atoms with Crippen LogP contribution in [0.3, 0.4) is 0 Å². The molecule has 180 valence electrons. The zero-order valence-corrected chi connectivity index (χ0v) is 21.7. The van der Waals surface area contributed by atoms with Crippen molar-refractivity contribution in [2.24, 2.45) is 0 Å². The number of halogens is 2. The minimum absolute atomic E-state index is 0.00448. The molecule has 7 nitrogen and oxygen atoms in total. The minimum atomic E-state index is -0.390. The number of non-ortho nitro benzene ring substituents is 1. The SMILES string of the molecule is O=C(c1ccc(Cl)cc1)N1CCN(c2ccc([N+](=O)[O-])c3ncccc23)CC1[I-]CC1=CCC=C1. The van der Waals surface area contributed by atoms with E-state index in [4.69, 9.17) is 11.6 Å². The van der Waals surface area contributed by atoms with E-state index in [1.165, 1.54) is 11.6 Å². The van der Waals surface area contributed by atoms with Crippen LogP contribution in [0.2, 0.25) is 5.02 Å². The van der Waals surface area contributed by atoms with Crippen LogP contribution in [-0.4, -0.2) is 48.8 Å². The molecule has 0 saturated carbocycles. The van der Waals surface area contributed by atoms with E-state index >= 15 is 0 Å². The molecule has 1 aliphatic carbocycles. The summed E-state index contributed by atoms with van der Waals surface area (Å²) in [7, 11) is 0. The Kier molecular flexibility index (Phi) is 7.01. The monoisotopic (exact) mass is 601 g/mol. The van der Waals surface area contributed by atoms with Crippen LogP contribution in [0.15, 0.2) is 78.5 Å². The molecule has 0 spiro atoms. The van der Waals surface area contributed by atoms with Crippen LogP contribution in [0, 0.1) is 10.1 Å². The number of rotatable bonds is 6.